The van der Waals surface area contributed by atoms with Crippen molar-refractivity contribution in [3.63, 3.8) is 0 Å². The van der Waals surface area contributed by atoms with Gasteiger partial charge in [-0.05, 0) is 37.5 Å². The highest BCUT2D eigenvalue weighted by molar-refractivity contribution is 5.81. The van der Waals surface area contributed by atoms with E-state index in [0.29, 0.717) is 0 Å². The van der Waals surface area contributed by atoms with Crippen LogP contribution in [-0.4, -0.2) is 31.2 Å². The zero-order valence-corrected chi connectivity index (χ0v) is 11.7. The summed E-state index contributed by atoms with van der Waals surface area (Å²) in [6.07, 6.45) is 2.69. The Morgan fingerprint density at radius 3 is 2.89 bits per heavy atom. The molecule has 1 aliphatic carbocycles. The first-order chi connectivity index (χ1) is 9.24. The number of hydrogen-bond donors (Lipinski definition) is 1. The molecule has 0 unspecified atom stereocenters. The fourth-order valence-electron chi connectivity index (χ4n) is 2.43. The van der Waals surface area contributed by atoms with Crippen molar-refractivity contribution in [2.75, 3.05) is 25.0 Å². The Bertz CT molecular complexity index is 575. The summed E-state index contributed by atoms with van der Waals surface area (Å²) in [5, 5.41) is 4.76. The van der Waals surface area contributed by atoms with Crippen molar-refractivity contribution in [1.29, 1.82) is 0 Å². The lowest BCUT2D eigenvalue weighted by Gasteiger charge is -2.21. The Morgan fingerprint density at radius 2 is 2.11 bits per heavy atom. The molecule has 0 atom stereocenters. The van der Waals surface area contributed by atoms with Gasteiger partial charge in [-0.1, -0.05) is 18.2 Å². The molecule has 1 heterocycles. The molecule has 1 aromatic heterocycles. The zero-order chi connectivity index (χ0) is 13.2. The van der Waals surface area contributed by atoms with E-state index in [-0.39, 0.29) is 0 Å². The van der Waals surface area contributed by atoms with Gasteiger partial charge < -0.3 is 10.2 Å². The largest absolute Gasteiger partial charge is 0.358 e. The summed E-state index contributed by atoms with van der Waals surface area (Å²) in [5.41, 5.74) is 2.32. The maximum absolute atomic E-state index is 4.79. The van der Waals surface area contributed by atoms with Gasteiger partial charge in [0.25, 0.3) is 0 Å². The quantitative estimate of drug-likeness (QED) is 0.890. The van der Waals surface area contributed by atoms with E-state index in [9.17, 15) is 0 Å². The molecule has 1 aromatic carbocycles. The molecule has 1 aliphatic rings. The van der Waals surface area contributed by atoms with Crippen LogP contribution in [0.3, 0.4) is 0 Å². The number of nitrogens with one attached hydrogen (secondary N) is 1. The maximum atomic E-state index is 4.79. The summed E-state index contributed by atoms with van der Waals surface area (Å²) >= 11 is 0. The van der Waals surface area contributed by atoms with Crippen LogP contribution in [0, 0.1) is 6.92 Å². The summed E-state index contributed by atoms with van der Waals surface area (Å²) < 4.78 is 0. The van der Waals surface area contributed by atoms with Crippen LogP contribution in [-0.2, 0) is 0 Å². The molecule has 0 saturated heterocycles. The fraction of sp³-hybridized carbons (Fsp3) is 0.438. The van der Waals surface area contributed by atoms with Crippen molar-refractivity contribution in [2.24, 2.45) is 0 Å². The summed E-state index contributed by atoms with van der Waals surface area (Å²) in [6.45, 7) is 4.18. The Labute approximate surface area is 114 Å². The monoisotopic (exact) mass is 255 g/mol. The van der Waals surface area contributed by atoms with Crippen molar-refractivity contribution in [1.82, 2.24) is 10.3 Å². The molecular weight excluding hydrogens is 234 g/mol. The summed E-state index contributed by atoms with van der Waals surface area (Å²) in [7, 11) is 2.12. The second kappa shape index (κ2) is 5.17. The van der Waals surface area contributed by atoms with Crippen LogP contribution in [0.4, 0.5) is 5.82 Å². The predicted octanol–water partition coefficient (Wildman–Crippen LogP) is 2.73. The molecule has 0 aliphatic heterocycles. The predicted molar refractivity (Wildman–Crippen MR) is 80.8 cm³/mol. The van der Waals surface area contributed by atoms with Crippen LogP contribution in [0.1, 0.15) is 18.4 Å². The van der Waals surface area contributed by atoms with E-state index in [4.69, 9.17) is 4.98 Å². The Hall–Kier alpha value is -1.61. The van der Waals surface area contributed by atoms with E-state index in [2.05, 4.69) is 48.5 Å². The SMILES string of the molecule is Cc1cc2ccccc2nc1N(C)CCNC1CC1. The van der Waals surface area contributed by atoms with E-state index in [1.54, 1.807) is 0 Å². The van der Waals surface area contributed by atoms with Gasteiger partial charge in [0.15, 0.2) is 0 Å². The lowest BCUT2D eigenvalue weighted by atomic mass is 10.1. The normalized spacial score (nSPS) is 14.8. The van der Waals surface area contributed by atoms with Crippen LogP contribution in [0.15, 0.2) is 30.3 Å². The van der Waals surface area contributed by atoms with Gasteiger partial charge in [0.1, 0.15) is 5.82 Å². The Kier molecular flexibility index (Phi) is 3.38. The average molecular weight is 255 g/mol. The van der Waals surface area contributed by atoms with E-state index in [1.807, 2.05) is 6.07 Å². The highest BCUT2D eigenvalue weighted by atomic mass is 15.2. The molecule has 19 heavy (non-hydrogen) atoms. The Balaban J connectivity index is 1.75. The van der Waals surface area contributed by atoms with Gasteiger partial charge in [0.05, 0.1) is 5.52 Å². The third-order valence-corrected chi connectivity index (χ3v) is 3.71. The second-order valence-corrected chi connectivity index (χ2v) is 5.47. The molecule has 0 radical (unpaired) electrons. The third kappa shape index (κ3) is 2.87. The number of pyridine rings is 1. The molecule has 0 amide bonds. The molecule has 1 N–H and O–H groups in total. The van der Waals surface area contributed by atoms with Crippen molar-refractivity contribution in [3.05, 3.63) is 35.9 Å². The lowest BCUT2D eigenvalue weighted by Crippen LogP contribution is -2.31. The van der Waals surface area contributed by atoms with Crippen molar-refractivity contribution >= 4 is 16.7 Å². The number of nitrogens with zero attached hydrogens (tertiary/aromatic N) is 2. The standard InChI is InChI=1S/C16H21N3/c1-12-11-13-5-3-4-6-15(13)18-16(12)19(2)10-9-17-14-7-8-14/h3-6,11,14,17H,7-10H2,1-2H3. The topological polar surface area (TPSA) is 28.2 Å². The van der Waals surface area contributed by atoms with Crippen LogP contribution in [0.2, 0.25) is 0 Å². The minimum atomic E-state index is 0.777. The molecular formula is C16H21N3. The van der Waals surface area contributed by atoms with Gasteiger partial charge in [-0.3, -0.25) is 0 Å². The van der Waals surface area contributed by atoms with E-state index in [0.717, 1.165) is 30.5 Å². The highest BCUT2D eigenvalue weighted by Crippen LogP contribution is 2.22. The van der Waals surface area contributed by atoms with Gasteiger partial charge in [-0.15, -0.1) is 0 Å². The average Bonchev–Trinajstić information content (AvgIpc) is 3.22. The summed E-state index contributed by atoms with van der Waals surface area (Å²) in [4.78, 5) is 7.03. The molecule has 0 bridgehead atoms. The van der Waals surface area contributed by atoms with Crippen molar-refractivity contribution < 1.29 is 0 Å². The number of para-hydroxylation sites is 1. The number of hydrogen-bond acceptors (Lipinski definition) is 3. The number of anilines is 1. The second-order valence-electron chi connectivity index (χ2n) is 5.47. The van der Waals surface area contributed by atoms with Gasteiger partial charge >= 0.3 is 0 Å². The number of fused-ring (bicyclic) bond motifs is 1. The van der Waals surface area contributed by atoms with Crippen molar-refractivity contribution in [2.45, 2.75) is 25.8 Å². The molecule has 0 spiro atoms. The lowest BCUT2D eigenvalue weighted by molar-refractivity contribution is 0.672. The maximum Gasteiger partial charge on any atom is 0.131 e. The molecule has 2 aromatic rings. The smallest absolute Gasteiger partial charge is 0.131 e. The van der Waals surface area contributed by atoms with Crippen LogP contribution < -0.4 is 10.2 Å². The van der Waals surface area contributed by atoms with Crippen molar-refractivity contribution in [3.8, 4) is 0 Å². The van der Waals surface area contributed by atoms with Gasteiger partial charge in [0.2, 0.25) is 0 Å². The first-order valence-electron chi connectivity index (χ1n) is 7.05. The number of likely N-dealkylation sites (N-methyl/N-ethyl adjacent to an activating group) is 1. The zero-order valence-electron chi connectivity index (χ0n) is 11.7. The van der Waals surface area contributed by atoms with E-state index in [1.165, 1.54) is 23.8 Å². The summed E-state index contributed by atoms with van der Waals surface area (Å²) in [6, 6.07) is 11.3. The number of aryl methyl sites for hydroxylation is 1. The molecule has 1 saturated carbocycles. The minimum Gasteiger partial charge on any atom is -0.358 e. The number of benzene rings is 1. The van der Waals surface area contributed by atoms with E-state index < -0.39 is 0 Å². The highest BCUT2D eigenvalue weighted by Gasteiger charge is 2.20. The third-order valence-electron chi connectivity index (χ3n) is 3.71. The number of rotatable bonds is 5. The molecule has 3 heteroatoms. The number of aromatic nitrogens is 1. The molecule has 100 valence electrons. The minimum absolute atomic E-state index is 0.777. The van der Waals surface area contributed by atoms with Crippen LogP contribution in [0.25, 0.3) is 10.9 Å². The first kappa shape index (κ1) is 12.4. The Morgan fingerprint density at radius 1 is 1.32 bits per heavy atom. The molecule has 1 fully saturated rings. The van der Waals surface area contributed by atoms with Gasteiger partial charge in [-0.25, -0.2) is 4.98 Å². The van der Waals surface area contributed by atoms with Crippen LogP contribution >= 0.6 is 0 Å². The van der Waals surface area contributed by atoms with Crippen LogP contribution in [0.5, 0.6) is 0 Å². The molecule has 3 nitrogen and oxygen atoms in total. The van der Waals surface area contributed by atoms with Gasteiger partial charge in [-0.2, -0.15) is 0 Å². The van der Waals surface area contributed by atoms with E-state index >= 15 is 0 Å². The summed E-state index contributed by atoms with van der Waals surface area (Å²) in [5.74, 6) is 1.09. The molecule has 3 rings (SSSR count). The van der Waals surface area contributed by atoms with Gasteiger partial charge in [0, 0.05) is 31.6 Å². The first-order valence-corrected chi connectivity index (χ1v) is 7.05. The fourth-order valence-corrected chi connectivity index (χ4v) is 2.43.